The summed E-state index contributed by atoms with van der Waals surface area (Å²) in [7, 11) is 0. The maximum absolute atomic E-state index is 12.5. The second-order valence-corrected chi connectivity index (χ2v) is 8.14. The van der Waals surface area contributed by atoms with Crippen molar-refractivity contribution >= 4 is 35.0 Å². The van der Waals surface area contributed by atoms with Crippen molar-refractivity contribution in [3.63, 3.8) is 0 Å². The van der Waals surface area contributed by atoms with E-state index >= 15 is 0 Å². The summed E-state index contributed by atoms with van der Waals surface area (Å²) in [5.41, 5.74) is 3.03. The van der Waals surface area contributed by atoms with Crippen molar-refractivity contribution in [2.75, 3.05) is 6.54 Å². The Bertz CT molecular complexity index is 964. The number of hydrogen-bond acceptors (Lipinski definition) is 6. The minimum Gasteiger partial charge on any atom is -0.489 e. The molecule has 2 aromatic carbocycles. The van der Waals surface area contributed by atoms with E-state index in [0.717, 1.165) is 27.8 Å². The number of thioether (sulfide) groups is 1. The van der Waals surface area contributed by atoms with Crippen LogP contribution in [0.15, 0.2) is 53.4 Å². The molecule has 3 rings (SSSR count). The van der Waals surface area contributed by atoms with E-state index < -0.39 is 17.1 Å². The molecule has 156 valence electrons. The lowest BCUT2D eigenvalue weighted by molar-refractivity contribution is -0.149. The van der Waals surface area contributed by atoms with Crippen LogP contribution in [0.2, 0.25) is 0 Å². The third kappa shape index (κ3) is 5.73. The van der Waals surface area contributed by atoms with Crippen molar-refractivity contribution in [3.8, 4) is 5.75 Å². The first kappa shape index (κ1) is 21.6. The van der Waals surface area contributed by atoms with Gasteiger partial charge in [-0.15, -0.1) is 0 Å². The van der Waals surface area contributed by atoms with E-state index in [2.05, 4.69) is 0 Å². The van der Waals surface area contributed by atoms with Gasteiger partial charge in [-0.05, 0) is 61.9 Å². The minimum absolute atomic E-state index is 0.269. The lowest BCUT2D eigenvalue weighted by atomic mass is 10.1. The van der Waals surface area contributed by atoms with E-state index in [0.29, 0.717) is 12.4 Å². The highest BCUT2D eigenvalue weighted by atomic mass is 32.2. The molecule has 6 nitrogen and oxygen atoms in total. The monoisotopic (exact) mass is 425 g/mol. The van der Waals surface area contributed by atoms with Crippen molar-refractivity contribution in [2.24, 2.45) is 0 Å². The molecule has 0 bridgehead atoms. The Hall–Kier alpha value is -3.06. The van der Waals surface area contributed by atoms with Gasteiger partial charge in [-0.2, -0.15) is 0 Å². The summed E-state index contributed by atoms with van der Waals surface area (Å²) >= 11 is 0.810. The van der Waals surface area contributed by atoms with Gasteiger partial charge < -0.3 is 9.47 Å². The molecule has 0 atom stereocenters. The van der Waals surface area contributed by atoms with E-state index in [-0.39, 0.29) is 17.6 Å². The second-order valence-electron chi connectivity index (χ2n) is 7.15. The number of carbonyl (C=O) groups is 3. The Balaban J connectivity index is 1.61. The van der Waals surface area contributed by atoms with Gasteiger partial charge in [-0.1, -0.05) is 42.0 Å². The molecule has 1 aliphatic rings. The van der Waals surface area contributed by atoms with Gasteiger partial charge in [0.15, 0.2) is 0 Å². The summed E-state index contributed by atoms with van der Waals surface area (Å²) in [6, 6.07) is 15.4. The van der Waals surface area contributed by atoms with E-state index in [1.165, 1.54) is 5.56 Å². The molecule has 1 heterocycles. The SMILES string of the molecule is Cc1ccc(COc2ccc(/C=C3/SC(=O)N(CC(=O)OC(C)C)C3=O)cc2)cc1. The van der Waals surface area contributed by atoms with Crippen LogP contribution in [0.1, 0.15) is 30.5 Å². The zero-order chi connectivity index (χ0) is 21.7. The smallest absolute Gasteiger partial charge is 0.326 e. The summed E-state index contributed by atoms with van der Waals surface area (Å²) in [5.74, 6) is -0.397. The number of rotatable bonds is 7. The average Bonchev–Trinajstić information content (AvgIpc) is 2.95. The molecule has 1 saturated heterocycles. The number of esters is 1. The van der Waals surface area contributed by atoms with Crippen LogP contribution in [-0.4, -0.2) is 34.7 Å². The highest BCUT2D eigenvalue weighted by molar-refractivity contribution is 8.18. The molecule has 0 spiro atoms. The van der Waals surface area contributed by atoms with Gasteiger partial charge >= 0.3 is 5.97 Å². The van der Waals surface area contributed by atoms with E-state index in [1.54, 1.807) is 19.9 Å². The normalized spacial score (nSPS) is 15.2. The van der Waals surface area contributed by atoms with E-state index in [9.17, 15) is 14.4 Å². The lowest BCUT2D eigenvalue weighted by Gasteiger charge is -2.13. The molecule has 2 aromatic rings. The number of imide groups is 1. The van der Waals surface area contributed by atoms with Crippen LogP contribution in [0.3, 0.4) is 0 Å². The maximum Gasteiger partial charge on any atom is 0.326 e. The standard InChI is InChI=1S/C23H23NO5S/c1-15(2)29-21(25)13-24-22(26)20(30-23(24)27)12-17-8-10-19(11-9-17)28-14-18-6-4-16(3)5-7-18/h4-12,15H,13-14H2,1-3H3/b20-12+. The summed E-state index contributed by atoms with van der Waals surface area (Å²) in [6.07, 6.45) is 1.32. The van der Waals surface area contributed by atoms with Gasteiger partial charge in [0.05, 0.1) is 11.0 Å². The highest BCUT2D eigenvalue weighted by Gasteiger charge is 2.36. The van der Waals surface area contributed by atoms with Gasteiger partial charge in [-0.3, -0.25) is 19.3 Å². The van der Waals surface area contributed by atoms with Crippen molar-refractivity contribution in [1.82, 2.24) is 4.90 Å². The highest BCUT2D eigenvalue weighted by Crippen LogP contribution is 2.32. The van der Waals surface area contributed by atoms with E-state index in [1.807, 2.05) is 55.5 Å². The van der Waals surface area contributed by atoms with Crippen LogP contribution >= 0.6 is 11.8 Å². The minimum atomic E-state index is -0.608. The second kappa shape index (κ2) is 9.63. The zero-order valence-electron chi connectivity index (χ0n) is 17.1. The number of carbonyl (C=O) groups excluding carboxylic acids is 3. The molecule has 0 aliphatic carbocycles. The molecule has 0 unspecified atom stereocenters. The molecular weight excluding hydrogens is 402 g/mol. The number of hydrogen-bond donors (Lipinski definition) is 0. The van der Waals surface area contributed by atoms with Gasteiger partial charge in [0.2, 0.25) is 0 Å². The van der Waals surface area contributed by atoms with Crippen LogP contribution < -0.4 is 4.74 Å². The van der Waals surface area contributed by atoms with Crippen LogP contribution in [-0.2, 0) is 20.9 Å². The van der Waals surface area contributed by atoms with Crippen LogP contribution in [0.25, 0.3) is 6.08 Å². The van der Waals surface area contributed by atoms with E-state index in [4.69, 9.17) is 9.47 Å². The first-order valence-corrected chi connectivity index (χ1v) is 10.4. The summed E-state index contributed by atoms with van der Waals surface area (Å²) in [5, 5.41) is -0.481. The van der Waals surface area contributed by atoms with Crippen molar-refractivity contribution in [2.45, 2.75) is 33.5 Å². The molecule has 1 aliphatic heterocycles. The van der Waals surface area contributed by atoms with Gasteiger partial charge in [0.25, 0.3) is 11.1 Å². The summed E-state index contributed by atoms with van der Waals surface area (Å²) in [6.45, 7) is 5.53. The fourth-order valence-corrected chi connectivity index (χ4v) is 3.57. The zero-order valence-corrected chi connectivity index (χ0v) is 17.9. The van der Waals surface area contributed by atoms with Crippen LogP contribution in [0.4, 0.5) is 4.79 Å². The molecule has 0 N–H and O–H groups in total. The number of benzene rings is 2. The molecule has 30 heavy (non-hydrogen) atoms. The molecule has 7 heteroatoms. The number of nitrogens with zero attached hydrogens (tertiary/aromatic N) is 1. The molecule has 1 fully saturated rings. The number of amides is 2. The summed E-state index contributed by atoms with van der Waals surface area (Å²) < 4.78 is 10.8. The largest absolute Gasteiger partial charge is 0.489 e. The van der Waals surface area contributed by atoms with Gasteiger partial charge in [0, 0.05) is 0 Å². The first-order valence-electron chi connectivity index (χ1n) is 9.55. The van der Waals surface area contributed by atoms with Crippen molar-refractivity contribution in [1.29, 1.82) is 0 Å². The number of aryl methyl sites for hydroxylation is 1. The van der Waals surface area contributed by atoms with Crippen molar-refractivity contribution in [3.05, 3.63) is 70.1 Å². The van der Waals surface area contributed by atoms with Crippen LogP contribution in [0, 0.1) is 6.92 Å². The third-order valence-electron chi connectivity index (χ3n) is 4.23. The third-order valence-corrected chi connectivity index (χ3v) is 5.14. The maximum atomic E-state index is 12.5. The summed E-state index contributed by atoms with van der Waals surface area (Å²) in [4.78, 5) is 37.5. The number of ether oxygens (including phenoxy) is 2. The predicted octanol–water partition coefficient (Wildman–Crippen LogP) is 4.56. The topological polar surface area (TPSA) is 72.9 Å². The molecule has 2 amide bonds. The Morgan fingerprint density at radius 3 is 2.37 bits per heavy atom. The van der Waals surface area contributed by atoms with Crippen LogP contribution in [0.5, 0.6) is 5.75 Å². The lowest BCUT2D eigenvalue weighted by Crippen LogP contribution is -2.35. The first-order chi connectivity index (χ1) is 14.3. The van der Waals surface area contributed by atoms with Crippen molar-refractivity contribution < 1.29 is 23.9 Å². The van der Waals surface area contributed by atoms with Gasteiger partial charge in [0.1, 0.15) is 18.9 Å². The molecule has 0 aromatic heterocycles. The van der Waals surface area contributed by atoms with Gasteiger partial charge in [-0.25, -0.2) is 0 Å². The Morgan fingerprint density at radius 1 is 1.07 bits per heavy atom. The predicted molar refractivity (Wildman–Crippen MR) is 116 cm³/mol. The fraction of sp³-hybridized carbons (Fsp3) is 0.261. The molecular formula is C23H23NO5S. The molecule has 0 saturated carbocycles. The fourth-order valence-electron chi connectivity index (χ4n) is 2.73. The average molecular weight is 426 g/mol. The Labute approximate surface area is 179 Å². The molecule has 0 radical (unpaired) electrons. The Morgan fingerprint density at radius 2 is 1.73 bits per heavy atom. The Kier molecular flexibility index (Phi) is 6.95. The quantitative estimate of drug-likeness (QED) is 0.478.